The van der Waals surface area contributed by atoms with E-state index in [-0.39, 0.29) is 12.5 Å². The minimum atomic E-state index is -0.886. The van der Waals surface area contributed by atoms with Gasteiger partial charge in [-0.15, -0.1) is 0 Å². The number of aliphatic hydroxyl groups excluding tert-OH is 1. The van der Waals surface area contributed by atoms with Gasteiger partial charge in [0.25, 0.3) is 0 Å². The molecule has 4 heteroatoms. The maximum Gasteiger partial charge on any atom is 0.235 e. The molecule has 128 valence electrons. The van der Waals surface area contributed by atoms with Gasteiger partial charge in [0.1, 0.15) is 11.8 Å². The van der Waals surface area contributed by atoms with Crippen LogP contribution in [0.5, 0.6) is 0 Å². The van der Waals surface area contributed by atoms with Crippen molar-refractivity contribution in [3.8, 4) is 0 Å². The predicted molar refractivity (Wildman–Crippen MR) is 96.0 cm³/mol. The van der Waals surface area contributed by atoms with Crippen molar-refractivity contribution in [3.05, 3.63) is 95.9 Å². The van der Waals surface area contributed by atoms with E-state index in [1.807, 2.05) is 67.6 Å². The van der Waals surface area contributed by atoms with E-state index < -0.39 is 11.5 Å². The highest BCUT2D eigenvalue weighted by molar-refractivity contribution is 5.91. The van der Waals surface area contributed by atoms with E-state index in [1.165, 1.54) is 6.26 Å². The minimum absolute atomic E-state index is 0.194. The average molecular weight is 335 g/mol. The van der Waals surface area contributed by atoms with Gasteiger partial charge in [-0.1, -0.05) is 60.7 Å². The Bertz CT molecular complexity index is 758. The summed E-state index contributed by atoms with van der Waals surface area (Å²) in [5.41, 5.74) is 0.882. The third kappa shape index (κ3) is 3.35. The van der Waals surface area contributed by atoms with E-state index in [1.54, 1.807) is 12.1 Å². The molecule has 1 atom stereocenters. The zero-order valence-electron chi connectivity index (χ0n) is 14.1. The van der Waals surface area contributed by atoms with Crippen LogP contribution in [0.15, 0.2) is 83.5 Å². The van der Waals surface area contributed by atoms with E-state index in [2.05, 4.69) is 5.32 Å². The second-order valence-corrected chi connectivity index (χ2v) is 6.08. The lowest BCUT2D eigenvalue weighted by atomic mass is 9.75. The topological polar surface area (TPSA) is 62.5 Å². The molecule has 0 spiro atoms. The largest absolute Gasteiger partial charge is 0.467 e. The third-order valence-electron chi connectivity index (χ3n) is 4.53. The Morgan fingerprint density at radius 2 is 1.56 bits per heavy atom. The maximum absolute atomic E-state index is 13.3. The number of benzene rings is 2. The molecule has 0 fully saturated rings. The van der Waals surface area contributed by atoms with Crippen LogP contribution < -0.4 is 5.32 Å². The Morgan fingerprint density at radius 1 is 1.00 bits per heavy atom. The number of hydrogen-bond donors (Lipinski definition) is 2. The van der Waals surface area contributed by atoms with E-state index in [9.17, 15) is 9.90 Å². The monoisotopic (exact) mass is 335 g/mol. The van der Waals surface area contributed by atoms with Gasteiger partial charge in [0.15, 0.2) is 0 Å². The highest BCUT2D eigenvalue weighted by atomic mass is 16.3. The molecule has 1 amide bonds. The molecular formula is C21H21NO3. The van der Waals surface area contributed by atoms with Gasteiger partial charge in [0.05, 0.1) is 18.3 Å². The fourth-order valence-corrected chi connectivity index (χ4v) is 2.97. The maximum atomic E-state index is 13.3. The van der Waals surface area contributed by atoms with Crippen molar-refractivity contribution in [2.45, 2.75) is 18.4 Å². The molecule has 0 aliphatic heterocycles. The molecule has 1 unspecified atom stereocenters. The first kappa shape index (κ1) is 17.0. The molecule has 0 radical (unpaired) electrons. The average Bonchev–Trinajstić information content (AvgIpc) is 3.21. The van der Waals surface area contributed by atoms with E-state index in [0.717, 1.165) is 11.1 Å². The minimum Gasteiger partial charge on any atom is -0.467 e. The van der Waals surface area contributed by atoms with Crippen molar-refractivity contribution in [3.63, 3.8) is 0 Å². The molecular weight excluding hydrogens is 314 g/mol. The van der Waals surface area contributed by atoms with Crippen LogP contribution in [0.3, 0.4) is 0 Å². The summed E-state index contributed by atoms with van der Waals surface area (Å²) in [6, 6.07) is 22.1. The number of aliphatic hydroxyl groups is 1. The van der Waals surface area contributed by atoms with Crippen molar-refractivity contribution >= 4 is 5.91 Å². The molecule has 1 aromatic heterocycles. The molecule has 3 aromatic rings. The van der Waals surface area contributed by atoms with Crippen LogP contribution in [-0.4, -0.2) is 17.6 Å². The molecule has 3 rings (SSSR count). The summed E-state index contributed by atoms with van der Waals surface area (Å²) in [6.45, 7) is 1.66. The van der Waals surface area contributed by atoms with Crippen molar-refractivity contribution in [2.24, 2.45) is 0 Å². The molecule has 0 bridgehead atoms. The number of carbonyl (C=O) groups is 1. The standard InChI is InChI=1S/C21H21NO3/c1-21(16-9-4-2-5-10-16,17-11-6-3-7-12-17)20(24)22-18(15-23)19-13-8-14-25-19/h2-14,18,23H,15H2,1H3,(H,22,24). The Kier molecular flexibility index (Phi) is 5.00. The van der Waals surface area contributed by atoms with Crippen LogP contribution in [-0.2, 0) is 10.2 Å². The van der Waals surface area contributed by atoms with Crippen molar-refractivity contribution in [1.82, 2.24) is 5.32 Å². The number of carbonyl (C=O) groups excluding carboxylic acids is 1. The molecule has 0 aliphatic carbocycles. The SMILES string of the molecule is CC(C(=O)NC(CO)c1ccco1)(c1ccccc1)c1ccccc1. The van der Waals surface area contributed by atoms with Gasteiger partial charge < -0.3 is 14.8 Å². The first-order chi connectivity index (χ1) is 12.2. The van der Waals surface area contributed by atoms with Crippen molar-refractivity contribution in [1.29, 1.82) is 0 Å². The number of rotatable bonds is 6. The number of furan rings is 1. The molecule has 0 saturated heterocycles. The zero-order valence-corrected chi connectivity index (χ0v) is 14.1. The fourth-order valence-electron chi connectivity index (χ4n) is 2.97. The van der Waals surface area contributed by atoms with Gasteiger partial charge in [-0.25, -0.2) is 0 Å². The Labute approximate surface area is 147 Å². The van der Waals surface area contributed by atoms with Crippen molar-refractivity contribution in [2.75, 3.05) is 6.61 Å². The van der Waals surface area contributed by atoms with Gasteiger partial charge >= 0.3 is 0 Å². The first-order valence-electron chi connectivity index (χ1n) is 8.22. The summed E-state index contributed by atoms with van der Waals surface area (Å²) < 4.78 is 5.34. The lowest BCUT2D eigenvalue weighted by Gasteiger charge is -2.31. The summed E-state index contributed by atoms with van der Waals surface area (Å²) in [4.78, 5) is 13.3. The Hall–Kier alpha value is -2.85. The van der Waals surface area contributed by atoms with Gasteiger partial charge in [-0.2, -0.15) is 0 Å². The molecule has 25 heavy (non-hydrogen) atoms. The highest BCUT2D eigenvalue weighted by Gasteiger charge is 2.38. The van der Waals surface area contributed by atoms with Gasteiger partial charge in [-0.05, 0) is 30.2 Å². The Morgan fingerprint density at radius 3 is 2.00 bits per heavy atom. The molecule has 0 aliphatic rings. The Balaban J connectivity index is 1.99. The van der Waals surface area contributed by atoms with Gasteiger partial charge in [0, 0.05) is 0 Å². The second kappa shape index (κ2) is 7.36. The van der Waals surface area contributed by atoms with Crippen LogP contribution in [0.2, 0.25) is 0 Å². The van der Waals surface area contributed by atoms with E-state index in [0.29, 0.717) is 5.76 Å². The first-order valence-corrected chi connectivity index (χ1v) is 8.22. The summed E-state index contributed by atoms with van der Waals surface area (Å²) in [5.74, 6) is 0.333. The quantitative estimate of drug-likeness (QED) is 0.725. The van der Waals surface area contributed by atoms with Crippen molar-refractivity contribution < 1.29 is 14.3 Å². The third-order valence-corrected chi connectivity index (χ3v) is 4.53. The summed E-state index contributed by atoms with van der Waals surface area (Å²) >= 11 is 0. The number of hydrogen-bond acceptors (Lipinski definition) is 3. The highest BCUT2D eigenvalue weighted by Crippen LogP contribution is 2.33. The lowest BCUT2D eigenvalue weighted by Crippen LogP contribution is -2.45. The summed E-state index contributed by atoms with van der Waals surface area (Å²) in [7, 11) is 0. The molecule has 2 aromatic carbocycles. The van der Waals surface area contributed by atoms with E-state index in [4.69, 9.17) is 4.42 Å². The molecule has 2 N–H and O–H groups in total. The fraction of sp³-hybridized carbons (Fsp3) is 0.190. The zero-order chi connectivity index (χ0) is 17.7. The second-order valence-electron chi connectivity index (χ2n) is 6.08. The molecule has 0 saturated carbocycles. The van der Waals surface area contributed by atoms with Crippen LogP contribution >= 0.6 is 0 Å². The van der Waals surface area contributed by atoms with Crippen LogP contribution in [0.4, 0.5) is 0 Å². The molecule has 4 nitrogen and oxygen atoms in total. The smallest absolute Gasteiger partial charge is 0.235 e. The predicted octanol–water partition coefficient (Wildman–Crippen LogP) is 3.44. The lowest BCUT2D eigenvalue weighted by molar-refractivity contribution is -0.126. The number of nitrogens with one attached hydrogen (secondary N) is 1. The number of amides is 1. The van der Waals surface area contributed by atoms with Crippen LogP contribution in [0, 0.1) is 0 Å². The van der Waals surface area contributed by atoms with Crippen LogP contribution in [0.25, 0.3) is 0 Å². The normalized spacial score (nSPS) is 12.6. The van der Waals surface area contributed by atoms with E-state index >= 15 is 0 Å². The summed E-state index contributed by atoms with van der Waals surface area (Å²) in [6.07, 6.45) is 1.53. The van der Waals surface area contributed by atoms with Gasteiger partial charge in [-0.3, -0.25) is 4.79 Å². The summed E-state index contributed by atoms with van der Waals surface area (Å²) in [5, 5.41) is 12.6. The van der Waals surface area contributed by atoms with Crippen LogP contribution in [0.1, 0.15) is 29.9 Å². The van der Waals surface area contributed by atoms with Gasteiger partial charge in [0.2, 0.25) is 5.91 Å². The molecule has 1 heterocycles.